The fourth-order valence-corrected chi connectivity index (χ4v) is 4.02. The van der Waals surface area contributed by atoms with Crippen molar-refractivity contribution >= 4 is 33.0 Å². The van der Waals surface area contributed by atoms with Crippen molar-refractivity contribution in [1.82, 2.24) is 4.98 Å². The molecule has 1 aromatic carbocycles. The van der Waals surface area contributed by atoms with Crippen LogP contribution in [0.3, 0.4) is 0 Å². The quantitative estimate of drug-likeness (QED) is 0.869. The van der Waals surface area contributed by atoms with Crippen molar-refractivity contribution in [1.29, 1.82) is 0 Å². The molecule has 0 amide bonds. The number of rotatable bonds is 5. The van der Waals surface area contributed by atoms with Crippen molar-refractivity contribution in [3.63, 3.8) is 0 Å². The van der Waals surface area contributed by atoms with Crippen molar-refractivity contribution in [2.24, 2.45) is 0 Å². The second-order valence-corrected chi connectivity index (χ2v) is 7.48. The highest BCUT2D eigenvalue weighted by Crippen LogP contribution is 2.28. The van der Waals surface area contributed by atoms with Crippen LogP contribution in [0.2, 0.25) is 0 Å². The van der Waals surface area contributed by atoms with Crippen molar-refractivity contribution in [3.05, 3.63) is 40.3 Å². The Labute approximate surface area is 130 Å². The summed E-state index contributed by atoms with van der Waals surface area (Å²) in [6, 6.07) is 2.29. The van der Waals surface area contributed by atoms with Crippen LogP contribution in [0.1, 0.15) is 27.9 Å². The lowest BCUT2D eigenvalue weighted by molar-refractivity contribution is 0.0697. The lowest BCUT2D eigenvalue weighted by atomic mass is 10.1. The minimum atomic E-state index is -4.10. The van der Waals surface area contributed by atoms with Crippen molar-refractivity contribution in [2.45, 2.75) is 24.5 Å². The van der Waals surface area contributed by atoms with E-state index in [-0.39, 0.29) is 9.77 Å². The maximum Gasteiger partial charge on any atom is 0.338 e. The molecule has 0 fully saturated rings. The molecule has 6 nitrogen and oxygen atoms in total. The third kappa shape index (κ3) is 3.09. The Morgan fingerprint density at radius 1 is 1.45 bits per heavy atom. The van der Waals surface area contributed by atoms with Gasteiger partial charge in [-0.1, -0.05) is 13.0 Å². The normalized spacial score (nSPS) is 11.4. The molecule has 0 aliphatic carbocycles. The number of carbonyl (C=O) groups is 1. The van der Waals surface area contributed by atoms with E-state index in [2.05, 4.69) is 4.98 Å². The van der Waals surface area contributed by atoms with Gasteiger partial charge in [-0.15, -0.1) is 11.3 Å². The van der Waals surface area contributed by atoms with Crippen LogP contribution in [0, 0.1) is 12.7 Å². The van der Waals surface area contributed by atoms with Crippen molar-refractivity contribution < 1.29 is 22.7 Å². The summed E-state index contributed by atoms with van der Waals surface area (Å²) in [6.07, 6.45) is 1.74. The van der Waals surface area contributed by atoms with Crippen LogP contribution in [-0.2, 0) is 16.4 Å². The topological polar surface area (TPSA) is 96.4 Å². The van der Waals surface area contributed by atoms with Gasteiger partial charge in [0.25, 0.3) is 10.0 Å². The summed E-state index contributed by atoms with van der Waals surface area (Å²) in [5, 5.41) is 9.78. The number of benzene rings is 1. The number of sulfonamides is 1. The molecule has 1 aromatic heterocycles. The molecule has 0 aliphatic rings. The van der Waals surface area contributed by atoms with Crippen LogP contribution in [0.25, 0.3) is 0 Å². The smallest absolute Gasteiger partial charge is 0.338 e. The molecule has 0 bridgehead atoms. The fraction of sp³-hybridized carbons (Fsp3) is 0.231. The molecule has 9 heteroatoms. The number of aromatic nitrogens is 1. The molecular formula is C13H13FN2O4S2. The van der Waals surface area contributed by atoms with E-state index in [1.54, 1.807) is 0 Å². The Kier molecular flexibility index (Phi) is 4.47. The van der Waals surface area contributed by atoms with E-state index in [1.807, 2.05) is 11.6 Å². The van der Waals surface area contributed by atoms with Gasteiger partial charge < -0.3 is 5.11 Å². The van der Waals surface area contributed by atoms with Gasteiger partial charge in [-0.2, -0.15) is 0 Å². The number of nitrogens with one attached hydrogen (secondary N) is 1. The summed E-state index contributed by atoms with van der Waals surface area (Å²) in [4.78, 5) is 15.2. The average Bonchev–Trinajstić information content (AvgIpc) is 2.92. The molecule has 0 spiro atoms. The molecule has 0 saturated heterocycles. The zero-order chi connectivity index (χ0) is 16.5. The average molecular weight is 344 g/mol. The largest absolute Gasteiger partial charge is 0.478 e. The standard InChI is InChI=1S/C13H13FN2O4S2/c1-3-9-15-6-10(21-9)22(19,20)16-12-8(14)5-4-7(2)11(12)13(17)18/h4-6,16H,3H2,1-2H3,(H,17,18). The summed E-state index contributed by atoms with van der Waals surface area (Å²) in [5.74, 6) is -2.36. The van der Waals surface area contributed by atoms with E-state index in [0.717, 1.165) is 17.4 Å². The molecule has 2 rings (SSSR count). The minimum Gasteiger partial charge on any atom is -0.478 e. The van der Waals surface area contributed by atoms with Gasteiger partial charge in [0.15, 0.2) is 4.21 Å². The first-order chi connectivity index (χ1) is 10.3. The number of hydrogen-bond donors (Lipinski definition) is 2. The van der Waals surface area contributed by atoms with Gasteiger partial charge in [0, 0.05) is 0 Å². The highest BCUT2D eigenvalue weighted by Gasteiger charge is 2.24. The van der Waals surface area contributed by atoms with Gasteiger partial charge in [0.05, 0.1) is 22.5 Å². The molecule has 0 unspecified atom stereocenters. The minimum absolute atomic E-state index is 0.0957. The summed E-state index contributed by atoms with van der Waals surface area (Å²) >= 11 is 0.952. The highest BCUT2D eigenvalue weighted by molar-refractivity contribution is 7.94. The zero-order valence-electron chi connectivity index (χ0n) is 11.8. The first kappa shape index (κ1) is 16.4. The highest BCUT2D eigenvalue weighted by atomic mass is 32.2. The molecular weight excluding hydrogens is 331 g/mol. The van der Waals surface area contributed by atoms with Gasteiger partial charge in [-0.25, -0.2) is 22.6 Å². The molecule has 2 aromatic rings. The third-order valence-electron chi connectivity index (χ3n) is 2.91. The van der Waals surface area contributed by atoms with Gasteiger partial charge in [0.1, 0.15) is 5.82 Å². The predicted octanol–water partition coefficient (Wildman–Crippen LogP) is 2.65. The molecule has 0 aliphatic heterocycles. The molecule has 0 saturated carbocycles. The fourth-order valence-electron chi connectivity index (χ4n) is 1.82. The molecule has 0 radical (unpaired) electrons. The Morgan fingerprint density at radius 2 is 2.14 bits per heavy atom. The molecule has 1 heterocycles. The van der Waals surface area contributed by atoms with Crippen LogP contribution < -0.4 is 4.72 Å². The molecule has 0 atom stereocenters. The van der Waals surface area contributed by atoms with E-state index < -0.39 is 33.1 Å². The zero-order valence-corrected chi connectivity index (χ0v) is 13.4. The van der Waals surface area contributed by atoms with Crippen LogP contribution >= 0.6 is 11.3 Å². The van der Waals surface area contributed by atoms with E-state index in [9.17, 15) is 17.6 Å². The number of aromatic carboxylic acids is 1. The Balaban J connectivity index is 2.50. The number of hydrogen-bond acceptors (Lipinski definition) is 5. The van der Waals surface area contributed by atoms with E-state index in [1.165, 1.54) is 19.2 Å². The SMILES string of the molecule is CCc1ncc(S(=O)(=O)Nc2c(F)ccc(C)c2C(=O)O)s1. The van der Waals surface area contributed by atoms with Crippen LogP contribution in [0.5, 0.6) is 0 Å². The van der Waals surface area contributed by atoms with Gasteiger partial charge in [-0.3, -0.25) is 4.72 Å². The number of aryl methyl sites for hydroxylation is 2. The molecule has 118 valence electrons. The van der Waals surface area contributed by atoms with E-state index in [4.69, 9.17) is 5.11 Å². The van der Waals surface area contributed by atoms with Gasteiger partial charge in [-0.05, 0) is 25.0 Å². The maximum absolute atomic E-state index is 13.9. The third-order valence-corrected chi connectivity index (χ3v) is 5.87. The Hall–Kier alpha value is -2.00. The van der Waals surface area contributed by atoms with Crippen LogP contribution in [0.4, 0.5) is 10.1 Å². The van der Waals surface area contributed by atoms with E-state index >= 15 is 0 Å². The summed E-state index contributed by atoms with van der Waals surface area (Å²) in [7, 11) is -4.10. The molecule has 22 heavy (non-hydrogen) atoms. The van der Waals surface area contributed by atoms with Gasteiger partial charge >= 0.3 is 5.97 Å². The summed E-state index contributed by atoms with van der Waals surface area (Å²) in [5.41, 5.74) is -0.729. The second-order valence-electron chi connectivity index (χ2n) is 4.45. The number of carboxylic acid groups (broad SMARTS) is 1. The lowest BCUT2D eigenvalue weighted by Gasteiger charge is -2.12. The first-order valence-electron chi connectivity index (χ1n) is 6.26. The van der Waals surface area contributed by atoms with Gasteiger partial charge in [0.2, 0.25) is 0 Å². The monoisotopic (exact) mass is 344 g/mol. The van der Waals surface area contributed by atoms with E-state index in [0.29, 0.717) is 11.4 Å². The summed E-state index contributed by atoms with van der Waals surface area (Å²) < 4.78 is 40.4. The molecule has 2 N–H and O–H groups in total. The number of nitrogens with zero attached hydrogens (tertiary/aromatic N) is 1. The second kappa shape index (κ2) is 6.01. The first-order valence-corrected chi connectivity index (χ1v) is 8.56. The number of carboxylic acids is 1. The van der Waals surface area contributed by atoms with Crippen molar-refractivity contribution in [2.75, 3.05) is 4.72 Å². The predicted molar refractivity (Wildman–Crippen MR) is 80.4 cm³/mol. The van der Waals surface area contributed by atoms with Crippen molar-refractivity contribution in [3.8, 4) is 0 Å². The van der Waals surface area contributed by atoms with Crippen LogP contribution in [-0.4, -0.2) is 24.5 Å². The van der Waals surface area contributed by atoms with Crippen LogP contribution in [0.15, 0.2) is 22.5 Å². The number of anilines is 1. The maximum atomic E-state index is 13.9. The summed E-state index contributed by atoms with van der Waals surface area (Å²) in [6.45, 7) is 3.29. The number of halogens is 1. The number of thiazole rings is 1. The lowest BCUT2D eigenvalue weighted by Crippen LogP contribution is -2.17. The Bertz CT molecular complexity index is 831. The Morgan fingerprint density at radius 3 is 2.68 bits per heavy atom.